The van der Waals surface area contributed by atoms with Crippen molar-refractivity contribution < 1.29 is 27.4 Å². The number of carbonyl (C=O) groups excluding carboxylic acids is 1. The van der Waals surface area contributed by atoms with Crippen LogP contribution in [0.3, 0.4) is 0 Å². The zero-order valence-corrected chi connectivity index (χ0v) is 13.3. The third kappa shape index (κ3) is 8.44. The van der Waals surface area contributed by atoms with Crippen molar-refractivity contribution in [2.45, 2.75) is 39.4 Å². The molecule has 130 valence electrons. The van der Waals surface area contributed by atoms with E-state index in [1.165, 1.54) is 0 Å². The van der Waals surface area contributed by atoms with Crippen molar-refractivity contribution in [3.63, 3.8) is 0 Å². The predicted octanol–water partition coefficient (Wildman–Crippen LogP) is 3.37. The summed E-state index contributed by atoms with van der Waals surface area (Å²) >= 11 is 0. The molecular formula is C16H22F3NO3. The van der Waals surface area contributed by atoms with Crippen LogP contribution in [0.25, 0.3) is 0 Å². The molecule has 0 aliphatic rings. The van der Waals surface area contributed by atoms with E-state index in [0.29, 0.717) is 31.9 Å². The number of nitrogens with one attached hydrogen (secondary N) is 1. The second kappa shape index (κ2) is 9.39. The molecule has 0 aromatic heterocycles. The summed E-state index contributed by atoms with van der Waals surface area (Å²) in [7, 11) is 0. The molecule has 0 amide bonds. The lowest BCUT2D eigenvalue weighted by Gasteiger charge is -2.12. The number of halogens is 3. The van der Waals surface area contributed by atoms with Gasteiger partial charge in [-0.2, -0.15) is 13.2 Å². The Kier molecular flexibility index (Phi) is 7.88. The monoisotopic (exact) mass is 333 g/mol. The van der Waals surface area contributed by atoms with Crippen LogP contribution < -0.4 is 10.1 Å². The maximum absolute atomic E-state index is 12.1. The molecule has 0 saturated heterocycles. The molecule has 0 aliphatic carbocycles. The lowest BCUT2D eigenvalue weighted by atomic mass is 10.1. The molecule has 1 rings (SSSR count). The first-order valence-corrected chi connectivity index (χ1v) is 7.47. The number of rotatable bonds is 9. The maximum atomic E-state index is 12.1. The van der Waals surface area contributed by atoms with Gasteiger partial charge in [0.15, 0.2) is 0 Å². The lowest BCUT2D eigenvalue weighted by molar-refractivity contribution is -0.143. The highest BCUT2D eigenvalue weighted by molar-refractivity contribution is 5.69. The van der Waals surface area contributed by atoms with Crippen LogP contribution in [-0.4, -0.2) is 31.9 Å². The third-order valence-electron chi connectivity index (χ3n) is 3.02. The molecule has 0 unspecified atom stereocenters. The van der Waals surface area contributed by atoms with Crippen LogP contribution in [0, 0.1) is 6.92 Å². The molecule has 0 bridgehead atoms. The molecule has 1 aromatic carbocycles. The van der Waals surface area contributed by atoms with Gasteiger partial charge in [-0.1, -0.05) is 12.1 Å². The molecule has 7 heteroatoms. The van der Waals surface area contributed by atoms with E-state index in [2.05, 4.69) is 5.32 Å². The molecule has 0 saturated carbocycles. The molecule has 0 fully saturated rings. The zero-order chi connectivity index (χ0) is 17.3. The highest BCUT2D eigenvalue weighted by Crippen LogP contribution is 2.23. The molecule has 1 N–H and O–H groups in total. The van der Waals surface area contributed by atoms with E-state index >= 15 is 0 Å². The molecule has 0 aliphatic heterocycles. The fourth-order valence-corrected chi connectivity index (χ4v) is 1.92. The topological polar surface area (TPSA) is 47.6 Å². The molecule has 0 radical (unpaired) electrons. The highest BCUT2D eigenvalue weighted by Gasteiger charge is 2.26. The predicted molar refractivity (Wildman–Crippen MR) is 80.3 cm³/mol. The van der Waals surface area contributed by atoms with E-state index in [4.69, 9.17) is 9.47 Å². The van der Waals surface area contributed by atoms with E-state index in [9.17, 15) is 18.0 Å². The van der Waals surface area contributed by atoms with Gasteiger partial charge in [0.05, 0.1) is 26.1 Å². The number of alkyl halides is 3. The minimum atomic E-state index is -4.21. The second-order valence-electron chi connectivity index (χ2n) is 5.05. The van der Waals surface area contributed by atoms with E-state index in [0.717, 1.165) is 11.1 Å². The Bertz CT molecular complexity index is 504. The summed E-state index contributed by atoms with van der Waals surface area (Å²) < 4.78 is 46.2. The van der Waals surface area contributed by atoms with Crippen molar-refractivity contribution >= 4 is 5.97 Å². The first kappa shape index (κ1) is 19.3. The number of hydrogen-bond donors (Lipinski definition) is 1. The van der Waals surface area contributed by atoms with Gasteiger partial charge < -0.3 is 14.8 Å². The van der Waals surface area contributed by atoms with E-state index in [1.807, 2.05) is 6.07 Å². The average Bonchev–Trinajstić information content (AvgIpc) is 2.45. The summed E-state index contributed by atoms with van der Waals surface area (Å²) in [5, 5.41) is 3.11. The number of aryl methyl sites for hydroxylation is 1. The van der Waals surface area contributed by atoms with Gasteiger partial charge in [0.1, 0.15) is 5.75 Å². The first-order valence-electron chi connectivity index (χ1n) is 7.47. The molecule has 4 nitrogen and oxygen atoms in total. The Labute approximate surface area is 134 Å². The van der Waals surface area contributed by atoms with E-state index in [-0.39, 0.29) is 12.6 Å². The van der Waals surface area contributed by atoms with Crippen molar-refractivity contribution in [2.75, 3.05) is 19.8 Å². The van der Waals surface area contributed by atoms with Gasteiger partial charge in [0.2, 0.25) is 0 Å². The second-order valence-corrected chi connectivity index (χ2v) is 5.05. The Morgan fingerprint density at radius 3 is 2.65 bits per heavy atom. The Hall–Kier alpha value is -1.76. The smallest absolute Gasteiger partial charge is 0.392 e. The minimum absolute atomic E-state index is 0.246. The average molecular weight is 333 g/mol. The molecule has 0 spiro atoms. The zero-order valence-electron chi connectivity index (χ0n) is 13.3. The quantitative estimate of drug-likeness (QED) is 0.556. The molecular weight excluding hydrogens is 311 g/mol. The van der Waals surface area contributed by atoms with E-state index in [1.54, 1.807) is 26.0 Å². The Morgan fingerprint density at radius 2 is 2.04 bits per heavy atom. The summed E-state index contributed by atoms with van der Waals surface area (Å²) in [5.74, 6) is 0.203. The van der Waals surface area contributed by atoms with Gasteiger partial charge in [-0.05, 0) is 31.0 Å². The molecule has 1 aromatic rings. The Morgan fingerprint density at radius 1 is 1.30 bits per heavy atom. The lowest BCUT2D eigenvalue weighted by Crippen LogP contribution is -2.19. The fraction of sp³-hybridized carbons (Fsp3) is 0.562. The standard InChI is InChI=1S/C16H22F3NO3/c1-3-22-15(21)6-8-20-11-13-4-5-14(12(2)10-13)23-9-7-16(17,18)19/h4-5,10,20H,3,6-9,11H2,1-2H3. The molecule has 23 heavy (non-hydrogen) atoms. The molecule has 0 heterocycles. The van der Waals surface area contributed by atoms with Crippen LogP contribution in [0.1, 0.15) is 30.9 Å². The van der Waals surface area contributed by atoms with Crippen LogP contribution in [0.15, 0.2) is 18.2 Å². The normalized spacial score (nSPS) is 11.3. The van der Waals surface area contributed by atoms with Gasteiger partial charge >= 0.3 is 12.1 Å². The largest absolute Gasteiger partial charge is 0.493 e. The van der Waals surface area contributed by atoms with Crippen molar-refractivity contribution in [1.82, 2.24) is 5.32 Å². The van der Waals surface area contributed by atoms with Crippen LogP contribution in [0.5, 0.6) is 5.75 Å². The molecule has 0 atom stereocenters. The summed E-state index contributed by atoms with van der Waals surface area (Å²) in [5.41, 5.74) is 1.74. The van der Waals surface area contributed by atoms with Gasteiger partial charge in [-0.3, -0.25) is 4.79 Å². The summed E-state index contributed by atoms with van der Waals surface area (Å²) in [6, 6.07) is 5.29. The fourth-order valence-electron chi connectivity index (χ4n) is 1.92. The van der Waals surface area contributed by atoms with Gasteiger partial charge in [0, 0.05) is 13.1 Å². The SMILES string of the molecule is CCOC(=O)CCNCc1ccc(OCCC(F)(F)F)c(C)c1. The maximum Gasteiger partial charge on any atom is 0.392 e. The van der Waals surface area contributed by atoms with Gasteiger partial charge in [-0.25, -0.2) is 0 Å². The summed E-state index contributed by atoms with van der Waals surface area (Å²) in [6.07, 6.45) is -4.88. The highest BCUT2D eigenvalue weighted by atomic mass is 19.4. The van der Waals surface area contributed by atoms with Crippen LogP contribution in [0.2, 0.25) is 0 Å². The van der Waals surface area contributed by atoms with Crippen molar-refractivity contribution in [2.24, 2.45) is 0 Å². The van der Waals surface area contributed by atoms with Crippen LogP contribution >= 0.6 is 0 Å². The summed E-state index contributed by atoms with van der Waals surface area (Å²) in [4.78, 5) is 11.2. The first-order chi connectivity index (χ1) is 10.8. The third-order valence-corrected chi connectivity index (χ3v) is 3.02. The van der Waals surface area contributed by atoms with Crippen molar-refractivity contribution in [3.05, 3.63) is 29.3 Å². The number of esters is 1. The number of benzene rings is 1. The van der Waals surface area contributed by atoms with Gasteiger partial charge in [0.25, 0.3) is 0 Å². The number of carbonyl (C=O) groups is 1. The van der Waals surface area contributed by atoms with Gasteiger partial charge in [-0.15, -0.1) is 0 Å². The number of ether oxygens (including phenoxy) is 2. The Balaban J connectivity index is 2.36. The minimum Gasteiger partial charge on any atom is -0.493 e. The van der Waals surface area contributed by atoms with Crippen LogP contribution in [0.4, 0.5) is 13.2 Å². The van der Waals surface area contributed by atoms with E-state index < -0.39 is 12.6 Å². The van der Waals surface area contributed by atoms with Crippen molar-refractivity contribution in [1.29, 1.82) is 0 Å². The van der Waals surface area contributed by atoms with Crippen molar-refractivity contribution in [3.8, 4) is 5.75 Å². The summed E-state index contributed by atoms with van der Waals surface area (Å²) in [6.45, 7) is 4.58. The van der Waals surface area contributed by atoms with Crippen LogP contribution in [-0.2, 0) is 16.1 Å². The number of hydrogen-bond acceptors (Lipinski definition) is 4.